The van der Waals surface area contributed by atoms with Gasteiger partial charge in [0.05, 0.1) is 0 Å². The molecule has 0 aliphatic rings. The molecular formula is Cl6CsPt-. The van der Waals surface area contributed by atoms with Crippen molar-refractivity contribution in [2.24, 2.45) is 0 Å². The smallest absolute Gasteiger partial charge is 1.00 e. The second kappa shape index (κ2) is 3.32. The average molecular weight is 541 g/mol. The molecule has 0 spiro atoms. The van der Waals surface area contributed by atoms with Crippen LogP contribution in [0, 0.1) is 0 Å². The summed E-state index contributed by atoms with van der Waals surface area (Å²) in [4.78, 5) is 0. The number of hydrogen-bond donors (Lipinski definition) is 0. The van der Waals surface area contributed by atoms with Gasteiger partial charge in [0, 0.05) is 0 Å². The molecule has 0 aliphatic heterocycles. The van der Waals surface area contributed by atoms with Crippen LogP contribution in [0.5, 0.6) is 0 Å². The van der Waals surface area contributed by atoms with E-state index in [1.165, 1.54) is 0 Å². The van der Waals surface area contributed by atoms with E-state index in [1.54, 1.807) is 0 Å². The Morgan fingerprint density at radius 3 is 0.625 bits per heavy atom. The summed E-state index contributed by atoms with van der Waals surface area (Å²) >= 11 is 0. The van der Waals surface area contributed by atoms with Crippen LogP contribution in [0.3, 0.4) is 0 Å². The fourth-order valence-corrected chi connectivity index (χ4v) is 0. The van der Waals surface area contributed by atoms with Crippen LogP contribution in [-0.2, 0) is 7.31 Å². The average Bonchev–Trinajstić information content (AvgIpc) is 0.592. The Kier molecular flexibility index (Phi) is 6.22. The first kappa shape index (κ1) is 15.0. The van der Waals surface area contributed by atoms with Gasteiger partial charge < -0.3 is 0 Å². The van der Waals surface area contributed by atoms with Crippen molar-refractivity contribution in [1.82, 2.24) is 0 Å². The molecule has 0 amide bonds. The van der Waals surface area contributed by atoms with E-state index in [1.807, 2.05) is 0 Å². The van der Waals surface area contributed by atoms with Gasteiger partial charge in [-0.2, -0.15) is 0 Å². The van der Waals surface area contributed by atoms with Crippen LogP contribution < -0.4 is 68.9 Å². The predicted octanol–water partition coefficient (Wildman–Crippen LogP) is 1.14. The number of rotatable bonds is 0. The monoisotopic (exact) mass is 538 g/mol. The van der Waals surface area contributed by atoms with E-state index >= 15 is 0 Å². The quantitative estimate of drug-likeness (QED) is 0.433. The molecule has 8 heavy (non-hydrogen) atoms. The van der Waals surface area contributed by atoms with Crippen LogP contribution in [0.1, 0.15) is 0 Å². The molecule has 0 rings (SSSR count). The van der Waals surface area contributed by atoms with Crippen LogP contribution in [0.2, 0.25) is 0 Å². The van der Waals surface area contributed by atoms with Gasteiger partial charge >= 0.3 is 133 Å². The van der Waals surface area contributed by atoms with E-state index in [-0.39, 0.29) is 68.9 Å². The van der Waals surface area contributed by atoms with Crippen molar-refractivity contribution in [3.8, 4) is 0 Å². The van der Waals surface area contributed by atoms with Crippen LogP contribution in [-0.4, -0.2) is 0 Å². The van der Waals surface area contributed by atoms with Gasteiger partial charge in [0.2, 0.25) is 0 Å². The van der Waals surface area contributed by atoms with E-state index < -0.39 is 7.31 Å². The van der Waals surface area contributed by atoms with Gasteiger partial charge in [-0.3, -0.25) is 0 Å². The maximum Gasteiger partial charge on any atom is 1.00 e. The van der Waals surface area contributed by atoms with Crippen molar-refractivity contribution in [3.05, 3.63) is 0 Å². The SMILES string of the molecule is [Cl][Pt-2]([Cl])([Cl])([Cl])([Cl])[Cl].[Cs+]. The second-order valence-corrected chi connectivity index (χ2v) is 49.9. The minimum absolute atomic E-state index is 0. The molecule has 0 N–H and O–H groups in total. The Hall–Kier alpha value is 4.48. The van der Waals surface area contributed by atoms with Crippen molar-refractivity contribution in [2.45, 2.75) is 0 Å². The summed E-state index contributed by atoms with van der Waals surface area (Å²) in [5.41, 5.74) is 0. The van der Waals surface area contributed by atoms with Gasteiger partial charge in [-0.05, 0) is 0 Å². The van der Waals surface area contributed by atoms with E-state index in [0.717, 1.165) is 0 Å². The Morgan fingerprint density at radius 2 is 0.625 bits per heavy atom. The van der Waals surface area contributed by atoms with E-state index in [2.05, 4.69) is 0 Å². The maximum absolute atomic E-state index is 5.29. The third-order valence-electron chi connectivity index (χ3n) is 0. The van der Waals surface area contributed by atoms with Gasteiger partial charge in [-0.1, -0.05) is 0 Å². The molecule has 0 nitrogen and oxygen atoms in total. The molecule has 0 unspecified atom stereocenters. The first-order chi connectivity index (χ1) is 2.45. The molecule has 0 radical (unpaired) electrons. The largest absolute Gasteiger partial charge is 1.00 e. The second-order valence-electron chi connectivity index (χ2n) is 0.678. The van der Waals surface area contributed by atoms with Gasteiger partial charge in [0.1, 0.15) is 0 Å². The predicted molar refractivity (Wildman–Crippen MR) is 35.1 cm³/mol. The molecular weight excluding hydrogens is 541 g/mol. The minimum Gasteiger partial charge on any atom is 1.00 e. The molecule has 0 aromatic carbocycles. The molecule has 8 heteroatoms. The van der Waals surface area contributed by atoms with Crippen LogP contribution in [0.15, 0.2) is 0 Å². The summed E-state index contributed by atoms with van der Waals surface area (Å²) in [6, 6.07) is 0. The Balaban J connectivity index is 0. The first-order valence-corrected chi connectivity index (χ1v) is 17.6. The van der Waals surface area contributed by atoms with Crippen LogP contribution in [0.25, 0.3) is 0 Å². The Morgan fingerprint density at radius 1 is 0.625 bits per heavy atom. The number of halogens is 6. The molecule has 54 valence electrons. The third-order valence-corrected chi connectivity index (χ3v) is 0. The van der Waals surface area contributed by atoms with E-state index in [9.17, 15) is 0 Å². The number of hydrogen-bond acceptors (Lipinski definition) is 0. The molecule has 0 fully saturated rings. The zero-order chi connectivity index (χ0) is 6.41. The molecule has 0 bridgehead atoms. The zero-order valence-corrected chi connectivity index (χ0v) is 16.7. The topological polar surface area (TPSA) is 0 Å². The summed E-state index contributed by atoms with van der Waals surface area (Å²) in [6.07, 6.45) is 0. The van der Waals surface area contributed by atoms with Crippen molar-refractivity contribution in [1.29, 1.82) is 0 Å². The summed E-state index contributed by atoms with van der Waals surface area (Å²) < 4.78 is 0. The van der Waals surface area contributed by atoms with Crippen molar-refractivity contribution in [2.75, 3.05) is 0 Å². The van der Waals surface area contributed by atoms with E-state index in [4.69, 9.17) is 56.5 Å². The van der Waals surface area contributed by atoms with Gasteiger partial charge in [0.25, 0.3) is 0 Å². The normalized spacial score (nSPS) is 20.2. The van der Waals surface area contributed by atoms with Crippen molar-refractivity contribution >= 4 is 56.5 Å². The van der Waals surface area contributed by atoms with Crippen LogP contribution in [0.4, 0.5) is 0 Å². The summed E-state index contributed by atoms with van der Waals surface area (Å²) in [5, 5.41) is 0. The van der Waals surface area contributed by atoms with E-state index in [0.29, 0.717) is 0 Å². The standard InChI is InChI=1S/6ClH.Cs.Pt/h6*1H;;/q;;;;;;+1;+4/p-6. The third kappa shape index (κ3) is 46.9. The fraction of sp³-hybridized carbons (Fsp3) is 0. The van der Waals surface area contributed by atoms with Gasteiger partial charge in [0.15, 0.2) is 0 Å². The maximum atomic E-state index is 5.05. The molecule has 0 atom stereocenters. The Bertz CT molecular complexity index is 67.1. The summed E-state index contributed by atoms with van der Waals surface area (Å²) in [6.45, 7) is 0. The van der Waals surface area contributed by atoms with Gasteiger partial charge in [-0.25, -0.2) is 0 Å². The van der Waals surface area contributed by atoms with Crippen molar-refractivity contribution in [3.63, 3.8) is 0 Å². The summed E-state index contributed by atoms with van der Waals surface area (Å²) in [7, 11) is 25.0. The zero-order valence-electron chi connectivity index (χ0n) is 3.58. The van der Waals surface area contributed by atoms with Gasteiger partial charge in [-0.15, -0.1) is 0 Å². The molecule has 0 saturated carbocycles. The Labute approximate surface area is 128 Å². The molecule has 0 aromatic rings. The molecule has 0 aromatic heterocycles. The molecule has 0 aliphatic carbocycles. The molecule has 0 heterocycles. The fourth-order valence-electron chi connectivity index (χ4n) is 0. The van der Waals surface area contributed by atoms with Crippen molar-refractivity contribution < 1.29 is 76.2 Å². The molecule has 0 saturated heterocycles. The summed E-state index contributed by atoms with van der Waals surface area (Å²) in [5.74, 6) is 0. The minimum atomic E-state index is -5.29. The first-order valence-electron chi connectivity index (χ1n) is 0.717. The van der Waals surface area contributed by atoms with Crippen LogP contribution >= 0.6 is 56.5 Å².